The summed E-state index contributed by atoms with van der Waals surface area (Å²) >= 11 is 0. The Morgan fingerprint density at radius 1 is 0.793 bits per heavy atom. The zero-order valence-electron chi connectivity index (χ0n) is 17.4. The fourth-order valence-corrected chi connectivity index (χ4v) is 3.68. The molecule has 1 N–H and O–H groups in total. The lowest BCUT2D eigenvalue weighted by Crippen LogP contribution is -2.30. The average Bonchev–Trinajstić information content (AvgIpc) is 2.96. The maximum absolute atomic E-state index is 13.2. The van der Waals surface area contributed by atoms with Crippen molar-refractivity contribution in [3.8, 4) is 0 Å². The Balaban J connectivity index is 0.00000117. The SMILES string of the molecule is CC.O=C(CCNCc1ccccc1)N1c2ccccc2CCc2ccccc21. The van der Waals surface area contributed by atoms with Crippen LogP contribution in [0.25, 0.3) is 0 Å². The maximum Gasteiger partial charge on any atom is 0.232 e. The quantitative estimate of drug-likeness (QED) is 0.574. The van der Waals surface area contributed by atoms with Crippen LogP contribution in [0, 0.1) is 0 Å². The molecule has 29 heavy (non-hydrogen) atoms. The van der Waals surface area contributed by atoms with E-state index >= 15 is 0 Å². The molecular formula is C26H30N2O. The minimum Gasteiger partial charge on any atom is -0.312 e. The molecule has 1 heterocycles. The predicted molar refractivity (Wildman–Crippen MR) is 122 cm³/mol. The number of hydrogen-bond donors (Lipinski definition) is 1. The molecule has 0 aliphatic carbocycles. The Morgan fingerprint density at radius 3 is 1.90 bits per heavy atom. The Bertz CT molecular complexity index is 873. The van der Waals surface area contributed by atoms with E-state index in [1.165, 1.54) is 16.7 Å². The highest BCUT2D eigenvalue weighted by molar-refractivity contribution is 6.02. The van der Waals surface area contributed by atoms with E-state index in [-0.39, 0.29) is 5.91 Å². The smallest absolute Gasteiger partial charge is 0.232 e. The van der Waals surface area contributed by atoms with E-state index < -0.39 is 0 Å². The number of rotatable bonds is 5. The maximum atomic E-state index is 13.2. The van der Waals surface area contributed by atoms with E-state index in [4.69, 9.17) is 0 Å². The second kappa shape index (κ2) is 10.6. The van der Waals surface area contributed by atoms with Gasteiger partial charge < -0.3 is 5.32 Å². The molecule has 1 aliphatic heterocycles. The van der Waals surface area contributed by atoms with Crippen molar-refractivity contribution >= 4 is 17.3 Å². The predicted octanol–water partition coefficient (Wildman–Crippen LogP) is 5.66. The van der Waals surface area contributed by atoms with Crippen LogP contribution in [-0.2, 0) is 24.2 Å². The second-order valence-electron chi connectivity index (χ2n) is 6.90. The highest BCUT2D eigenvalue weighted by Crippen LogP contribution is 2.36. The number of fused-ring (bicyclic) bond motifs is 2. The summed E-state index contributed by atoms with van der Waals surface area (Å²) in [5, 5.41) is 3.39. The molecule has 1 aliphatic rings. The minimum absolute atomic E-state index is 0.136. The van der Waals surface area contributed by atoms with Crippen molar-refractivity contribution in [2.45, 2.75) is 39.7 Å². The van der Waals surface area contributed by atoms with E-state index in [1.54, 1.807) is 0 Å². The summed E-state index contributed by atoms with van der Waals surface area (Å²) in [6, 6.07) is 26.8. The fourth-order valence-electron chi connectivity index (χ4n) is 3.68. The first-order valence-electron chi connectivity index (χ1n) is 10.6. The van der Waals surface area contributed by atoms with Crippen molar-refractivity contribution in [1.29, 1.82) is 0 Å². The first-order chi connectivity index (χ1) is 14.3. The molecule has 0 unspecified atom stereocenters. The molecule has 0 aromatic heterocycles. The van der Waals surface area contributed by atoms with Gasteiger partial charge in [0, 0.05) is 19.5 Å². The van der Waals surface area contributed by atoms with E-state index in [2.05, 4.69) is 53.8 Å². The van der Waals surface area contributed by atoms with E-state index in [9.17, 15) is 4.79 Å². The largest absolute Gasteiger partial charge is 0.312 e. The molecule has 3 nitrogen and oxygen atoms in total. The molecule has 0 spiro atoms. The van der Waals surface area contributed by atoms with Gasteiger partial charge in [0.05, 0.1) is 11.4 Å². The molecule has 3 aromatic carbocycles. The summed E-state index contributed by atoms with van der Waals surface area (Å²) in [5.74, 6) is 0.136. The Kier molecular flexibility index (Phi) is 7.60. The minimum atomic E-state index is 0.136. The van der Waals surface area contributed by atoms with Crippen LogP contribution in [0.4, 0.5) is 11.4 Å². The van der Waals surface area contributed by atoms with Gasteiger partial charge in [-0.05, 0) is 41.7 Å². The third-order valence-corrected chi connectivity index (χ3v) is 5.07. The standard InChI is InChI=1S/C24H24N2O.C2H6/c27-24(16-17-25-18-19-8-2-1-3-9-19)26-22-12-6-4-10-20(22)14-15-21-11-5-7-13-23(21)26;1-2/h1-13,25H,14-18H2;1-2H3. The van der Waals surface area contributed by atoms with Gasteiger partial charge >= 0.3 is 0 Å². The average molecular weight is 387 g/mol. The number of anilines is 2. The van der Waals surface area contributed by atoms with Crippen LogP contribution < -0.4 is 10.2 Å². The van der Waals surface area contributed by atoms with E-state index in [0.717, 1.165) is 30.8 Å². The molecule has 0 radical (unpaired) electrons. The van der Waals surface area contributed by atoms with Crippen LogP contribution in [-0.4, -0.2) is 12.5 Å². The van der Waals surface area contributed by atoms with Crippen molar-refractivity contribution < 1.29 is 4.79 Å². The summed E-state index contributed by atoms with van der Waals surface area (Å²) in [6.45, 7) is 5.44. The van der Waals surface area contributed by atoms with Gasteiger partial charge in [-0.1, -0.05) is 80.6 Å². The third kappa shape index (κ3) is 5.12. The normalized spacial score (nSPS) is 12.1. The van der Waals surface area contributed by atoms with Gasteiger partial charge in [0.25, 0.3) is 0 Å². The molecule has 0 atom stereocenters. The number of amides is 1. The number of nitrogens with one attached hydrogen (secondary N) is 1. The van der Waals surface area contributed by atoms with Gasteiger partial charge in [-0.2, -0.15) is 0 Å². The Hall–Kier alpha value is -2.91. The van der Waals surface area contributed by atoms with E-state index in [1.807, 2.05) is 49.1 Å². The molecule has 4 rings (SSSR count). The number of carbonyl (C=O) groups excluding carboxylic acids is 1. The molecule has 3 aromatic rings. The summed E-state index contributed by atoms with van der Waals surface area (Å²) in [5.41, 5.74) is 5.75. The zero-order valence-corrected chi connectivity index (χ0v) is 17.4. The second-order valence-corrected chi connectivity index (χ2v) is 6.90. The van der Waals surface area contributed by atoms with Crippen molar-refractivity contribution in [3.05, 3.63) is 95.6 Å². The molecule has 0 fully saturated rings. The molecule has 0 saturated heterocycles. The van der Waals surface area contributed by atoms with Crippen LogP contribution >= 0.6 is 0 Å². The first kappa shape index (κ1) is 20.8. The van der Waals surface area contributed by atoms with Crippen LogP contribution in [0.15, 0.2) is 78.9 Å². The highest BCUT2D eigenvalue weighted by Gasteiger charge is 2.24. The number of benzene rings is 3. The molecule has 0 saturated carbocycles. The Morgan fingerprint density at radius 2 is 1.31 bits per heavy atom. The van der Waals surface area contributed by atoms with Crippen molar-refractivity contribution in [1.82, 2.24) is 5.32 Å². The molecule has 3 heteroatoms. The summed E-state index contributed by atoms with van der Waals surface area (Å²) in [4.78, 5) is 15.1. The number of nitrogens with zero attached hydrogens (tertiary/aromatic N) is 1. The van der Waals surface area contributed by atoms with Crippen LogP contribution in [0.2, 0.25) is 0 Å². The third-order valence-electron chi connectivity index (χ3n) is 5.07. The zero-order chi connectivity index (χ0) is 20.5. The summed E-state index contributed by atoms with van der Waals surface area (Å²) in [7, 11) is 0. The topological polar surface area (TPSA) is 32.3 Å². The van der Waals surface area contributed by atoms with Gasteiger partial charge in [-0.25, -0.2) is 0 Å². The van der Waals surface area contributed by atoms with Crippen LogP contribution in [0.5, 0.6) is 0 Å². The molecule has 1 amide bonds. The van der Waals surface area contributed by atoms with Crippen molar-refractivity contribution in [3.63, 3.8) is 0 Å². The Labute approximate surface area is 174 Å². The number of aryl methyl sites for hydroxylation is 2. The number of carbonyl (C=O) groups is 1. The van der Waals surface area contributed by atoms with Crippen LogP contribution in [0.3, 0.4) is 0 Å². The lowest BCUT2D eigenvalue weighted by atomic mass is 10.0. The number of hydrogen-bond acceptors (Lipinski definition) is 2. The van der Waals surface area contributed by atoms with Crippen molar-refractivity contribution in [2.75, 3.05) is 11.4 Å². The summed E-state index contributed by atoms with van der Waals surface area (Å²) in [6.07, 6.45) is 2.39. The van der Waals surface area contributed by atoms with Gasteiger partial charge in [-0.3, -0.25) is 9.69 Å². The highest BCUT2D eigenvalue weighted by atomic mass is 16.2. The van der Waals surface area contributed by atoms with Gasteiger partial charge in [0.1, 0.15) is 0 Å². The summed E-state index contributed by atoms with van der Waals surface area (Å²) < 4.78 is 0. The first-order valence-corrected chi connectivity index (χ1v) is 10.6. The van der Waals surface area contributed by atoms with Gasteiger partial charge in [0.2, 0.25) is 5.91 Å². The van der Waals surface area contributed by atoms with Crippen LogP contribution in [0.1, 0.15) is 37.0 Å². The van der Waals surface area contributed by atoms with Crippen molar-refractivity contribution in [2.24, 2.45) is 0 Å². The molecular weight excluding hydrogens is 356 g/mol. The number of para-hydroxylation sites is 2. The van der Waals surface area contributed by atoms with Gasteiger partial charge in [0.15, 0.2) is 0 Å². The lowest BCUT2D eigenvalue weighted by Gasteiger charge is -2.25. The molecule has 150 valence electrons. The van der Waals surface area contributed by atoms with Gasteiger partial charge in [-0.15, -0.1) is 0 Å². The van der Waals surface area contributed by atoms with E-state index in [0.29, 0.717) is 13.0 Å². The molecule has 0 bridgehead atoms. The monoisotopic (exact) mass is 386 g/mol. The lowest BCUT2D eigenvalue weighted by molar-refractivity contribution is -0.117. The fraction of sp³-hybridized carbons (Fsp3) is 0.269.